The average molecular weight is 272 g/mol. The van der Waals surface area contributed by atoms with Crippen molar-refractivity contribution in [1.82, 2.24) is 10.1 Å². The van der Waals surface area contributed by atoms with Crippen LogP contribution in [0.1, 0.15) is 54.9 Å². The monoisotopic (exact) mass is 272 g/mol. The van der Waals surface area contributed by atoms with Crippen molar-refractivity contribution < 1.29 is 9.63 Å². The van der Waals surface area contributed by atoms with E-state index in [2.05, 4.69) is 34.4 Å². The summed E-state index contributed by atoms with van der Waals surface area (Å²) in [4.78, 5) is 4.48. The normalized spacial score (nSPS) is 19.6. The summed E-state index contributed by atoms with van der Waals surface area (Å²) in [7, 11) is 0. The third-order valence-corrected chi connectivity index (χ3v) is 4.05. The number of fused-ring (bicyclic) bond motifs is 1. The second-order valence-electron chi connectivity index (χ2n) is 5.46. The van der Waals surface area contributed by atoms with Gasteiger partial charge >= 0.3 is 0 Å². The Kier molecular flexibility index (Phi) is 3.83. The molecule has 2 unspecified atom stereocenters. The summed E-state index contributed by atoms with van der Waals surface area (Å²) in [5.41, 5.74) is 2.71. The van der Waals surface area contributed by atoms with Gasteiger partial charge < -0.3 is 9.63 Å². The van der Waals surface area contributed by atoms with E-state index in [-0.39, 0.29) is 5.92 Å². The van der Waals surface area contributed by atoms with Crippen LogP contribution in [0, 0.1) is 0 Å². The van der Waals surface area contributed by atoms with Crippen LogP contribution in [0.2, 0.25) is 0 Å². The van der Waals surface area contributed by atoms with Gasteiger partial charge in [-0.25, -0.2) is 0 Å². The van der Waals surface area contributed by atoms with Crippen LogP contribution >= 0.6 is 0 Å². The molecular weight excluding hydrogens is 252 g/mol. The zero-order chi connectivity index (χ0) is 13.9. The highest BCUT2D eigenvalue weighted by molar-refractivity contribution is 5.36. The lowest BCUT2D eigenvalue weighted by Gasteiger charge is -2.22. The first-order valence-corrected chi connectivity index (χ1v) is 7.36. The lowest BCUT2D eigenvalue weighted by atomic mass is 9.82. The molecule has 1 aliphatic rings. The van der Waals surface area contributed by atoms with E-state index in [1.807, 2.05) is 6.92 Å². The molecule has 0 spiro atoms. The summed E-state index contributed by atoms with van der Waals surface area (Å²) < 4.78 is 5.28. The Bertz CT molecular complexity index is 579. The van der Waals surface area contributed by atoms with Crippen LogP contribution in [0.5, 0.6) is 0 Å². The fraction of sp³-hybridized carbons (Fsp3) is 0.500. The van der Waals surface area contributed by atoms with Crippen LogP contribution in [0.3, 0.4) is 0 Å². The van der Waals surface area contributed by atoms with Crippen molar-refractivity contribution in [3.8, 4) is 0 Å². The van der Waals surface area contributed by atoms with Crippen molar-refractivity contribution >= 4 is 0 Å². The Morgan fingerprint density at radius 3 is 3.10 bits per heavy atom. The van der Waals surface area contributed by atoms with Crippen molar-refractivity contribution in [2.24, 2.45) is 0 Å². The lowest BCUT2D eigenvalue weighted by molar-refractivity contribution is 0.158. The number of aryl methyl sites for hydroxylation is 1. The number of aliphatic hydroxyl groups is 1. The van der Waals surface area contributed by atoms with E-state index in [0.29, 0.717) is 18.7 Å². The maximum absolute atomic E-state index is 9.66. The van der Waals surface area contributed by atoms with Crippen molar-refractivity contribution in [1.29, 1.82) is 0 Å². The number of rotatable bonds is 4. The zero-order valence-electron chi connectivity index (χ0n) is 11.7. The molecule has 20 heavy (non-hydrogen) atoms. The van der Waals surface area contributed by atoms with Gasteiger partial charge in [-0.1, -0.05) is 36.3 Å². The molecule has 0 saturated carbocycles. The minimum Gasteiger partial charge on any atom is -0.393 e. The Morgan fingerprint density at radius 2 is 2.25 bits per heavy atom. The first-order chi connectivity index (χ1) is 9.78. The molecule has 2 atom stereocenters. The summed E-state index contributed by atoms with van der Waals surface area (Å²) in [5.74, 6) is 1.53. The van der Waals surface area contributed by atoms with Gasteiger partial charge in [-0.3, -0.25) is 0 Å². The third-order valence-electron chi connectivity index (χ3n) is 4.05. The highest BCUT2D eigenvalue weighted by atomic mass is 16.5. The fourth-order valence-corrected chi connectivity index (χ4v) is 2.86. The topological polar surface area (TPSA) is 59.2 Å². The molecule has 3 rings (SSSR count). The second kappa shape index (κ2) is 5.75. The van der Waals surface area contributed by atoms with Crippen LogP contribution in [0.25, 0.3) is 0 Å². The van der Waals surface area contributed by atoms with Crippen molar-refractivity contribution in [3.05, 3.63) is 47.1 Å². The molecule has 1 aromatic heterocycles. The van der Waals surface area contributed by atoms with E-state index in [9.17, 15) is 5.11 Å². The van der Waals surface area contributed by atoms with Gasteiger partial charge in [0, 0.05) is 5.92 Å². The maximum atomic E-state index is 9.66. The molecule has 0 amide bonds. The number of aliphatic hydroxyl groups excluding tert-OH is 1. The number of nitrogens with zero attached hydrogens (tertiary/aromatic N) is 2. The van der Waals surface area contributed by atoms with Crippen LogP contribution in [-0.2, 0) is 12.8 Å². The Hall–Kier alpha value is -1.68. The second-order valence-corrected chi connectivity index (χ2v) is 5.46. The summed E-state index contributed by atoms with van der Waals surface area (Å²) in [6.07, 6.45) is 4.09. The van der Waals surface area contributed by atoms with E-state index in [1.165, 1.54) is 11.1 Å². The van der Waals surface area contributed by atoms with Gasteiger partial charge in [-0.2, -0.15) is 4.98 Å². The standard InChI is InChI=1S/C16H20N2O2/c1-2-12(19)10-15-17-16(18-20-15)14-9-5-7-11-6-3-4-8-13(11)14/h3-4,6,8,12,14,19H,2,5,7,9-10H2,1H3. The van der Waals surface area contributed by atoms with E-state index in [4.69, 9.17) is 4.52 Å². The minimum atomic E-state index is -0.401. The lowest BCUT2D eigenvalue weighted by Crippen LogP contribution is -2.12. The largest absolute Gasteiger partial charge is 0.393 e. The van der Waals surface area contributed by atoms with Crippen LogP contribution in [0.4, 0.5) is 0 Å². The van der Waals surface area contributed by atoms with E-state index in [0.717, 1.165) is 25.1 Å². The molecule has 0 bridgehead atoms. The molecule has 0 saturated heterocycles. The van der Waals surface area contributed by atoms with Crippen LogP contribution in [-0.4, -0.2) is 21.4 Å². The van der Waals surface area contributed by atoms with E-state index < -0.39 is 6.10 Å². The summed E-state index contributed by atoms with van der Waals surface area (Å²) >= 11 is 0. The van der Waals surface area contributed by atoms with Crippen LogP contribution < -0.4 is 0 Å². The molecule has 0 aliphatic heterocycles. The molecule has 0 radical (unpaired) electrons. The Balaban J connectivity index is 1.84. The van der Waals surface area contributed by atoms with Gasteiger partial charge in [0.1, 0.15) is 0 Å². The van der Waals surface area contributed by atoms with Gasteiger partial charge in [-0.05, 0) is 36.8 Å². The molecule has 106 valence electrons. The first kappa shape index (κ1) is 13.3. The average Bonchev–Trinajstić information content (AvgIpc) is 2.94. The van der Waals surface area contributed by atoms with Gasteiger partial charge in [-0.15, -0.1) is 0 Å². The van der Waals surface area contributed by atoms with Crippen molar-refractivity contribution in [3.63, 3.8) is 0 Å². The van der Waals surface area contributed by atoms with Crippen molar-refractivity contribution in [2.75, 3.05) is 0 Å². The molecule has 4 heteroatoms. The number of aromatic nitrogens is 2. The smallest absolute Gasteiger partial charge is 0.229 e. The van der Waals surface area contributed by atoms with E-state index >= 15 is 0 Å². The quantitative estimate of drug-likeness (QED) is 0.929. The summed E-state index contributed by atoms with van der Waals surface area (Å²) in [5, 5.41) is 13.8. The van der Waals surface area contributed by atoms with E-state index in [1.54, 1.807) is 0 Å². The first-order valence-electron chi connectivity index (χ1n) is 7.36. The van der Waals surface area contributed by atoms with Gasteiger partial charge in [0.15, 0.2) is 5.82 Å². The molecule has 2 aromatic rings. The third kappa shape index (κ3) is 2.61. The van der Waals surface area contributed by atoms with Gasteiger partial charge in [0.2, 0.25) is 5.89 Å². The van der Waals surface area contributed by atoms with Gasteiger partial charge in [0.25, 0.3) is 0 Å². The molecule has 1 heterocycles. The number of hydrogen-bond donors (Lipinski definition) is 1. The molecule has 4 nitrogen and oxygen atoms in total. The SMILES string of the molecule is CCC(O)Cc1nc(C2CCCc3ccccc32)no1. The fourth-order valence-electron chi connectivity index (χ4n) is 2.86. The zero-order valence-corrected chi connectivity index (χ0v) is 11.7. The molecular formula is C16H20N2O2. The predicted molar refractivity (Wildman–Crippen MR) is 75.5 cm³/mol. The van der Waals surface area contributed by atoms with Gasteiger partial charge in [0.05, 0.1) is 12.5 Å². The highest BCUT2D eigenvalue weighted by Gasteiger charge is 2.25. The summed E-state index contributed by atoms with van der Waals surface area (Å²) in [6, 6.07) is 8.50. The summed E-state index contributed by atoms with van der Waals surface area (Å²) in [6.45, 7) is 1.94. The van der Waals surface area contributed by atoms with Crippen molar-refractivity contribution in [2.45, 2.75) is 51.0 Å². The molecule has 0 fully saturated rings. The number of hydrogen-bond acceptors (Lipinski definition) is 4. The molecule has 1 aliphatic carbocycles. The number of benzene rings is 1. The van der Waals surface area contributed by atoms with Crippen LogP contribution in [0.15, 0.2) is 28.8 Å². The minimum absolute atomic E-state index is 0.233. The Labute approximate surface area is 118 Å². The maximum Gasteiger partial charge on any atom is 0.229 e. The molecule has 1 aromatic carbocycles. The predicted octanol–water partition coefficient (Wildman–Crippen LogP) is 2.85. The molecule has 1 N–H and O–H groups in total. The Morgan fingerprint density at radius 1 is 1.40 bits per heavy atom. The highest BCUT2D eigenvalue weighted by Crippen LogP contribution is 2.35.